The standard InChI is InChI=1S/C20H24N2O4S/c1-12-13(2)27-19-18(12)20(23)22(8-9-24-3)17(21-19)11-14-6-7-15(25-4)16(10-14)26-5/h6-7,10H,8-9,11H2,1-5H3. The molecule has 0 saturated carbocycles. The summed E-state index contributed by atoms with van der Waals surface area (Å²) in [7, 11) is 4.85. The number of ether oxygens (including phenoxy) is 3. The zero-order chi connectivity index (χ0) is 19.6. The minimum atomic E-state index is -0.00521. The molecule has 6 nitrogen and oxygen atoms in total. The molecule has 0 aliphatic carbocycles. The number of hydrogen-bond acceptors (Lipinski definition) is 6. The van der Waals surface area contributed by atoms with E-state index in [1.165, 1.54) is 0 Å². The SMILES string of the molecule is COCCn1c(Cc2ccc(OC)c(OC)c2)nc2sc(C)c(C)c2c1=O. The number of thiophene rings is 1. The lowest BCUT2D eigenvalue weighted by molar-refractivity contribution is 0.185. The van der Waals surface area contributed by atoms with E-state index < -0.39 is 0 Å². The summed E-state index contributed by atoms with van der Waals surface area (Å²) >= 11 is 1.56. The Balaban J connectivity index is 2.11. The van der Waals surface area contributed by atoms with Gasteiger partial charge in [0, 0.05) is 18.4 Å². The van der Waals surface area contributed by atoms with Crippen molar-refractivity contribution in [1.82, 2.24) is 9.55 Å². The molecule has 3 aromatic rings. The lowest BCUT2D eigenvalue weighted by atomic mass is 10.1. The first kappa shape index (κ1) is 19.4. The Morgan fingerprint density at radius 2 is 1.85 bits per heavy atom. The number of methoxy groups -OCH3 is 3. The second-order valence-corrected chi connectivity index (χ2v) is 7.51. The van der Waals surface area contributed by atoms with Gasteiger partial charge in [-0.25, -0.2) is 4.98 Å². The highest BCUT2D eigenvalue weighted by Crippen LogP contribution is 2.29. The second kappa shape index (κ2) is 8.10. The van der Waals surface area contributed by atoms with Gasteiger partial charge in [-0.2, -0.15) is 0 Å². The Morgan fingerprint density at radius 3 is 2.52 bits per heavy atom. The summed E-state index contributed by atoms with van der Waals surface area (Å²) in [6.07, 6.45) is 0.519. The normalized spacial score (nSPS) is 11.1. The Labute approximate surface area is 162 Å². The highest BCUT2D eigenvalue weighted by atomic mass is 32.1. The van der Waals surface area contributed by atoms with Crippen LogP contribution < -0.4 is 15.0 Å². The van der Waals surface area contributed by atoms with Crippen molar-refractivity contribution in [2.75, 3.05) is 27.9 Å². The molecule has 144 valence electrons. The van der Waals surface area contributed by atoms with E-state index in [0.717, 1.165) is 26.7 Å². The van der Waals surface area contributed by atoms with Crippen LogP contribution in [0.1, 0.15) is 21.8 Å². The molecule has 0 atom stereocenters. The maximum Gasteiger partial charge on any atom is 0.262 e. The van der Waals surface area contributed by atoms with E-state index in [0.29, 0.717) is 36.5 Å². The second-order valence-electron chi connectivity index (χ2n) is 6.31. The first-order valence-electron chi connectivity index (χ1n) is 8.69. The van der Waals surface area contributed by atoms with E-state index in [9.17, 15) is 4.79 Å². The fraction of sp³-hybridized carbons (Fsp3) is 0.400. The van der Waals surface area contributed by atoms with Crippen molar-refractivity contribution in [3.63, 3.8) is 0 Å². The average molecular weight is 388 g/mol. The minimum absolute atomic E-state index is 0.00521. The van der Waals surface area contributed by atoms with Crippen LogP contribution in [-0.4, -0.2) is 37.5 Å². The molecule has 0 aliphatic heterocycles. The van der Waals surface area contributed by atoms with Crippen LogP contribution in [0.4, 0.5) is 0 Å². The zero-order valence-corrected chi connectivity index (χ0v) is 17.1. The van der Waals surface area contributed by atoms with Gasteiger partial charge >= 0.3 is 0 Å². The van der Waals surface area contributed by atoms with Gasteiger partial charge in [-0.3, -0.25) is 9.36 Å². The summed E-state index contributed by atoms with van der Waals surface area (Å²) in [5.41, 5.74) is 2.00. The van der Waals surface area contributed by atoms with Gasteiger partial charge in [0.05, 0.1) is 32.8 Å². The van der Waals surface area contributed by atoms with Crippen LogP contribution >= 0.6 is 11.3 Å². The topological polar surface area (TPSA) is 62.6 Å². The van der Waals surface area contributed by atoms with Crippen LogP contribution in [0.5, 0.6) is 11.5 Å². The Bertz CT molecular complexity index is 1020. The van der Waals surface area contributed by atoms with Gasteiger partial charge in [-0.15, -0.1) is 11.3 Å². The van der Waals surface area contributed by atoms with E-state index in [2.05, 4.69) is 0 Å². The summed E-state index contributed by atoms with van der Waals surface area (Å²) in [4.78, 5) is 19.9. The number of benzene rings is 1. The third kappa shape index (κ3) is 3.70. The van der Waals surface area contributed by atoms with E-state index in [-0.39, 0.29) is 5.56 Å². The van der Waals surface area contributed by atoms with Crippen molar-refractivity contribution in [1.29, 1.82) is 0 Å². The monoisotopic (exact) mass is 388 g/mol. The van der Waals surface area contributed by atoms with Crippen LogP contribution in [0.2, 0.25) is 0 Å². The Hall–Kier alpha value is -2.38. The van der Waals surface area contributed by atoms with E-state index in [1.54, 1.807) is 37.2 Å². The molecule has 0 aliphatic rings. The molecule has 0 fully saturated rings. The van der Waals surface area contributed by atoms with E-state index >= 15 is 0 Å². The predicted octanol–water partition coefficient (Wildman–Crippen LogP) is 3.33. The molecule has 3 rings (SSSR count). The smallest absolute Gasteiger partial charge is 0.262 e. The molecule has 1 aromatic carbocycles. The summed E-state index contributed by atoms with van der Waals surface area (Å²) in [6.45, 7) is 4.92. The molecule has 27 heavy (non-hydrogen) atoms. The van der Waals surface area contributed by atoms with Crippen molar-refractivity contribution < 1.29 is 14.2 Å². The number of hydrogen-bond donors (Lipinski definition) is 0. The van der Waals surface area contributed by atoms with Gasteiger partial charge in [0.1, 0.15) is 10.7 Å². The van der Waals surface area contributed by atoms with Gasteiger partial charge < -0.3 is 14.2 Å². The molecule has 0 saturated heterocycles. The molecule has 0 amide bonds. The summed E-state index contributed by atoms with van der Waals surface area (Å²) in [5.74, 6) is 2.05. The lowest BCUT2D eigenvalue weighted by Crippen LogP contribution is -2.27. The molecule has 0 N–H and O–H groups in total. The first-order chi connectivity index (χ1) is 13.0. The van der Waals surface area contributed by atoms with Crippen LogP contribution in [0.3, 0.4) is 0 Å². The Morgan fingerprint density at radius 1 is 1.11 bits per heavy atom. The largest absolute Gasteiger partial charge is 0.493 e. The van der Waals surface area contributed by atoms with Crippen molar-refractivity contribution in [3.8, 4) is 11.5 Å². The maximum atomic E-state index is 13.1. The van der Waals surface area contributed by atoms with Gasteiger partial charge in [-0.05, 0) is 37.1 Å². The fourth-order valence-corrected chi connectivity index (χ4v) is 4.13. The third-order valence-corrected chi connectivity index (χ3v) is 5.80. The maximum absolute atomic E-state index is 13.1. The van der Waals surface area contributed by atoms with Crippen LogP contribution in [0.15, 0.2) is 23.0 Å². The van der Waals surface area contributed by atoms with Gasteiger partial charge in [-0.1, -0.05) is 6.07 Å². The van der Waals surface area contributed by atoms with E-state index in [1.807, 2.05) is 32.0 Å². The van der Waals surface area contributed by atoms with Crippen LogP contribution in [-0.2, 0) is 17.7 Å². The zero-order valence-electron chi connectivity index (χ0n) is 16.3. The number of aromatic nitrogens is 2. The molecule has 2 aromatic heterocycles. The van der Waals surface area contributed by atoms with Gasteiger partial charge in [0.25, 0.3) is 5.56 Å². The highest BCUT2D eigenvalue weighted by molar-refractivity contribution is 7.18. The van der Waals surface area contributed by atoms with Crippen molar-refractivity contribution in [3.05, 3.63) is 50.4 Å². The lowest BCUT2D eigenvalue weighted by Gasteiger charge is -2.14. The number of rotatable bonds is 7. The minimum Gasteiger partial charge on any atom is -0.493 e. The van der Waals surface area contributed by atoms with Gasteiger partial charge in [0.2, 0.25) is 0 Å². The molecule has 0 spiro atoms. The van der Waals surface area contributed by atoms with Crippen molar-refractivity contribution in [2.24, 2.45) is 0 Å². The fourth-order valence-electron chi connectivity index (χ4n) is 3.09. The van der Waals surface area contributed by atoms with Crippen LogP contribution in [0, 0.1) is 13.8 Å². The number of aryl methyl sites for hydroxylation is 2. The quantitative estimate of drug-likeness (QED) is 0.621. The summed E-state index contributed by atoms with van der Waals surface area (Å²) in [6, 6.07) is 5.74. The highest BCUT2D eigenvalue weighted by Gasteiger charge is 2.17. The summed E-state index contributed by atoms with van der Waals surface area (Å²) in [5, 5.41) is 0.713. The summed E-state index contributed by atoms with van der Waals surface area (Å²) < 4.78 is 17.6. The average Bonchev–Trinajstić information content (AvgIpc) is 2.95. The molecule has 0 bridgehead atoms. The van der Waals surface area contributed by atoms with E-state index in [4.69, 9.17) is 19.2 Å². The molecule has 2 heterocycles. The molecule has 0 unspecified atom stereocenters. The van der Waals surface area contributed by atoms with Crippen molar-refractivity contribution >= 4 is 21.6 Å². The van der Waals surface area contributed by atoms with Crippen molar-refractivity contribution in [2.45, 2.75) is 26.8 Å². The Kier molecular flexibility index (Phi) is 5.82. The molecule has 7 heteroatoms. The number of fused-ring (bicyclic) bond motifs is 1. The molecular formula is C20H24N2O4S. The molecular weight excluding hydrogens is 364 g/mol. The van der Waals surface area contributed by atoms with Crippen LogP contribution in [0.25, 0.3) is 10.2 Å². The van der Waals surface area contributed by atoms with Gasteiger partial charge in [0.15, 0.2) is 11.5 Å². The molecule has 0 radical (unpaired) electrons. The number of nitrogens with zero attached hydrogens (tertiary/aromatic N) is 2. The first-order valence-corrected chi connectivity index (χ1v) is 9.51. The third-order valence-electron chi connectivity index (χ3n) is 4.70. The predicted molar refractivity (Wildman–Crippen MR) is 108 cm³/mol.